The van der Waals surface area contributed by atoms with Gasteiger partial charge in [0, 0.05) is 12.6 Å². The van der Waals surface area contributed by atoms with Crippen LogP contribution in [0.1, 0.15) is 33.6 Å². The summed E-state index contributed by atoms with van der Waals surface area (Å²) in [6.07, 6.45) is 1.65. The highest BCUT2D eigenvalue weighted by Crippen LogP contribution is 2.04. The van der Waals surface area contributed by atoms with E-state index in [2.05, 4.69) is 17.6 Å². The van der Waals surface area contributed by atoms with Crippen LogP contribution in [-0.2, 0) is 4.79 Å². The maximum Gasteiger partial charge on any atom is 0.234 e. The summed E-state index contributed by atoms with van der Waals surface area (Å²) in [5, 5.41) is 14.8. The van der Waals surface area contributed by atoms with Crippen LogP contribution in [0.15, 0.2) is 0 Å². The van der Waals surface area contributed by atoms with Gasteiger partial charge < -0.3 is 15.7 Å². The predicted molar refractivity (Wildman–Crippen MR) is 61.6 cm³/mol. The lowest BCUT2D eigenvalue weighted by Crippen LogP contribution is -2.43. The Morgan fingerprint density at radius 3 is 2.53 bits per heavy atom. The molecule has 90 valence electrons. The van der Waals surface area contributed by atoms with Gasteiger partial charge in [-0.15, -0.1) is 0 Å². The van der Waals surface area contributed by atoms with Gasteiger partial charge in [0.25, 0.3) is 0 Å². The van der Waals surface area contributed by atoms with Crippen LogP contribution in [0.2, 0.25) is 0 Å². The molecule has 3 N–H and O–H groups in total. The molecule has 1 amide bonds. The van der Waals surface area contributed by atoms with Crippen molar-refractivity contribution in [2.45, 2.75) is 39.7 Å². The molecule has 0 fully saturated rings. The van der Waals surface area contributed by atoms with E-state index in [4.69, 9.17) is 5.11 Å². The summed E-state index contributed by atoms with van der Waals surface area (Å²) >= 11 is 0. The minimum absolute atomic E-state index is 0.00981. The molecule has 15 heavy (non-hydrogen) atoms. The van der Waals surface area contributed by atoms with Crippen LogP contribution in [0.5, 0.6) is 0 Å². The van der Waals surface area contributed by atoms with E-state index in [0.717, 1.165) is 13.0 Å². The fourth-order valence-electron chi connectivity index (χ4n) is 1.35. The second-order valence-corrected chi connectivity index (χ2v) is 4.11. The van der Waals surface area contributed by atoms with Crippen LogP contribution in [0.3, 0.4) is 0 Å². The van der Waals surface area contributed by atoms with E-state index in [1.165, 1.54) is 0 Å². The Labute approximate surface area is 92.4 Å². The van der Waals surface area contributed by atoms with Crippen molar-refractivity contribution in [1.82, 2.24) is 10.6 Å². The first-order valence-corrected chi connectivity index (χ1v) is 5.72. The molecule has 0 heterocycles. The van der Waals surface area contributed by atoms with Crippen molar-refractivity contribution in [3.8, 4) is 0 Å². The highest BCUT2D eigenvalue weighted by Gasteiger charge is 2.14. The Bertz CT molecular complexity index is 172. The van der Waals surface area contributed by atoms with Gasteiger partial charge in [-0.05, 0) is 25.3 Å². The number of carbonyl (C=O) groups is 1. The normalized spacial score (nSPS) is 12.9. The average molecular weight is 216 g/mol. The van der Waals surface area contributed by atoms with Crippen molar-refractivity contribution < 1.29 is 9.90 Å². The van der Waals surface area contributed by atoms with Gasteiger partial charge in [0.2, 0.25) is 5.91 Å². The second-order valence-electron chi connectivity index (χ2n) is 4.11. The van der Waals surface area contributed by atoms with Crippen LogP contribution in [0, 0.1) is 5.92 Å². The monoisotopic (exact) mass is 216 g/mol. The van der Waals surface area contributed by atoms with Gasteiger partial charge in [0.05, 0.1) is 6.54 Å². The SMILES string of the molecule is CCCNCC(=O)NC(CCO)C(C)C. The molecular formula is C11H24N2O2. The molecular weight excluding hydrogens is 192 g/mol. The van der Waals surface area contributed by atoms with Gasteiger partial charge in [-0.2, -0.15) is 0 Å². The summed E-state index contributed by atoms with van der Waals surface area (Å²) in [5.41, 5.74) is 0. The molecule has 4 nitrogen and oxygen atoms in total. The van der Waals surface area contributed by atoms with Crippen LogP contribution in [0.4, 0.5) is 0 Å². The Morgan fingerprint density at radius 2 is 2.07 bits per heavy atom. The van der Waals surface area contributed by atoms with E-state index in [1.807, 2.05) is 13.8 Å². The van der Waals surface area contributed by atoms with E-state index in [1.54, 1.807) is 0 Å². The van der Waals surface area contributed by atoms with Gasteiger partial charge in [-0.25, -0.2) is 0 Å². The van der Waals surface area contributed by atoms with Crippen molar-refractivity contribution in [3.05, 3.63) is 0 Å². The van der Waals surface area contributed by atoms with Crippen molar-refractivity contribution in [2.24, 2.45) is 5.92 Å². The number of amides is 1. The lowest BCUT2D eigenvalue weighted by Gasteiger charge is -2.21. The molecule has 0 rings (SSSR count). The van der Waals surface area contributed by atoms with Gasteiger partial charge in [0.15, 0.2) is 0 Å². The van der Waals surface area contributed by atoms with E-state index < -0.39 is 0 Å². The molecule has 0 saturated heterocycles. The Hall–Kier alpha value is -0.610. The van der Waals surface area contributed by atoms with Crippen molar-refractivity contribution in [2.75, 3.05) is 19.7 Å². The number of nitrogens with one attached hydrogen (secondary N) is 2. The first-order valence-electron chi connectivity index (χ1n) is 5.72. The topological polar surface area (TPSA) is 61.4 Å². The van der Waals surface area contributed by atoms with Crippen LogP contribution in [-0.4, -0.2) is 36.8 Å². The maximum atomic E-state index is 11.5. The summed E-state index contributed by atoms with van der Waals surface area (Å²) in [7, 11) is 0. The quantitative estimate of drug-likeness (QED) is 0.518. The standard InChI is InChI=1S/C11H24N2O2/c1-4-6-12-8-11(15)13-10(5-7-14)9(2)3/h9-10,12,14H,4-8H2,1-3H3,(H,13,15). The van der Waals surface area contributed by atoms with E-state index in [0.29, 0.717) is 18.9 Å². The maximum absolute atomic E-state index is 11.5. The molecule has 1 unspecified atom stereocenters. The Morgan fingerprint density at radius 1 is 1.40 bits per heavy atom. The van der Waals surface area contributed by atoms with Gasteiger partial charge in [-0.1, -0.05) is 20.8 Å². The lowest BCUT2D eigenvalue weighted by atomic mass is 10.0. The molecule has 0 aromatic rings. The summed E-state index contributed by atoms with van der Waals surface area (Å²) < 4.78 is 0. The highest BCUT2D eigenvalue weighted by molar-refractivity contribution is 5.78. The minimum atomic E-state index is 0.00981. The molecule has 1 atom stereocenters. The molecule has 0 saturated carbocycles. The smallest absolute Gasteiger partial charge is 0.234 e. The average Bonchev–Trinajstić information content (AvgIpc) is 2.17. The number of hydrogen-bond donors (Lipinski definition) is 3. The molecule has 0 aliphatic carbocycles. The number of aliphatic hydroxyl groups is 1. The molecule has 0 radical (unpaired) electrons. The number of aliphatic hydroxyl groups excluding tert-OH is 1. The first kappa shape index (κ1) is 14.4. The van der Waals surface area contributed by atoms with Gasteiger partial charge >= 0.3 is 0 Å². The molecule has 0 spiro atoms. The predicted octanol–water partition coefficient (Wildman–Crippen LogP) is 0.509. The number of rotatable bonds is 8. The number of carbonyl (C=O) groups excluding carboxylic acids is 1. The Balaban J connectivity index is 3.78. The van der Waals surface area contributed by atoms with Gasteiger partial charge in [0.1, 0.15) is 0 Å². The van der Waals surface area contributed by atoms with E-state index in [9.17, 15) is 4.79 Å². The number of hydrogen-bond acceptors (Lipinski definition) is 3. The molecule has 0 aliphatic rings. The largest absolute Gasteiger partial charge is 0.396 e. The minimum Gasteiger partial charge on any atom is -0.396 e. The van der Waals surface area contributed by atoms with E-state index >= 15 is 0 Å². The van der Waals surface area contributed by atoms with Crippen LogP contribution >= 0.6 is 0 Å². The zero-order chi connectivity index (χ0) is 11.7. The summed E-state index contributed by atoms with van der Waals surface area (Å²) in [5.74, 6) is 0.364. The summed E-state index contributed by atoms with van der Waals surface area (Å²) in [4.78, 5) is 11.5. The second kappa shape index (κ2) is 8.68. The summed E-state index contributed by atoms with van der Waals surface area (Å²) in [6, 6.07) is 0.0749. The van der Waals surface area contributed by atoms with Gasteiger partial charge in [-0.3, -0.25) is 4.79 Å². The third kappa shape index (κ3) is 7.33. The highest BCUT2D eigenvalue weighted by atomic mass is 16.3. The van der Waals surface area contributed by atoms with Crippen molar-refractivity contribution in [3.63, 3.8) is 0 Å². The van der Waals surface area contributed by atoms with Crippen molar-refractivity contribution >= 4 is 5.91 Å². The molecule has 0 aliphatic heterocycles. The first-order chi connectivity index (χ1) is 7.11. The third-order valence-corrected chi connectivity index (χ3v) is 2.30. The zero-order valence-corrected chi connectivity index (χ0v) is 10.0. The summed E-state index contributed by atoms with van der Waals surface area (Å²) in [6.45, 7) is 7.49. The fraction of sp³-hybridized carbons (Fsp3) is 0.909. The Kier molecular flexibility index (Phi) is 8.33. The van der Waals surface area contributed by atoms with E-state index in [-0.39, 0.29) is 18.6 Å². The molecule has 0 aromatic carbocycles. The molecule has 4 heteroatoms. The fourth-order valence-corrected chi connectivity index (χ4v) is 1.35. The lowest BCUT2D eigenvalue weighted by molar-refractivity contribution is -0.121. The van der Waals surface area contributed by atoms with Crippen LogP contribution in [0.25, 0.3) is 0 Å². The van der Waals surface area contributed by atoms with Crippen molar-refractivity contribution in [1.29, 1.82) is 0 Å². The third-order valence-electron chi connectivity index (χ3n) is 2.30. The molecule has 0 bridgehead atoms. The molecule has 0 aromatic heterocycles. The van der Waals surface area contributed by atoms with Crippen LogP contribution < -0.4 is 10.6 Å². The zero-order valence-electron chi connectivity index (χ0n) is 10.0.